The standard InChI is InChI=1S/C24H26ClN3O6/c1-4-34-19-10-9-16(14-18(19)25)22(29)20-21(15-7-5-8-17(13-15)28(32)33)27(24(31)23(20)30)12-6-11-26(2)3/h5,7-10,13-14,21,29H,4,6,11-12H2,1-3H3/t21-/m0/s1. The van der Waals surface area contributed by atoms with Gasteiger partial charge in [-0.25, -0.2) is 0 Å². The number of aliphatic hydroxyl groups excluding tert-OH is 1. The van der Waals surface area contributed by atoms with Crippen molar-refractivity contribution < 1.29 is 24.4 Å². The van der Waals surface area contributed by atoms with Crippen LogP contribution in [-0.2, 0) is 9.59 Å². The number of Topliss-reactive ketones (excluding diaryl/α,β-unsaturated/α-hetero) is 1. The van der Waals surface area contributed by atoms with E-state index >= 15 is 0 Å². The highest BCUT2D eigenvalue weighted by atomic mass is 35.5. The average molecular weight is 488 g/mol. The molecule has 0 unspecified atom stereocenters. The third-order valence-corrected chi connectivity index (χ3v) is 5.74. The zero-order valence-corrected chi connectivity index (χ0v) is 19.9. The van der Waals surface area contributed by atoms with Gasteiger partial charge < -0.3 is 19.6 Å². The van der Waals surface area contributed by atoms with Crippen molar-refractivity contribution in [3.05, 3.63) is 74.3 Å². The molecular weight excluding hydrogens is 462 g/mol. The van der Waals surface area contributed by atoms with E-state index in [1.807, 2.05) is 19.0 Å². The molecule has 0 radical (unpaired) electrons. The maximum absolute atomic E-state index is 13.1. The maximum atomic E-state index is 13.1. The van der Waals surface area contributed by atoms with Gasteiger partial charge >= 0.3 is 0 Å². The number of carbonyl (C=O) groups is 2. The fraction of sp³-hybridized carbons (Fsp3) is 0.333. The van der Waals surface area contributed by atoms with Gasteiger partial charge in [-0.05, 0) is 57.7 Å². The first kappa shape index (κ1) is 25.2. The summed E-state index contributed by atoms with van der Waals surface area (Å²) in [6, 6.07) is 9.30. The topological polar surface area (TPSA) is 113 Å². The Hall–Kier alpha value is -3.43. The molecule has 34 heavy (non-hydrogen) atoms. The monoisotopic (exact) mass is 487 g/mol. The number of hydrogen-bond donors (Lipinski definition) is 1. The summed E-state index contributed by atoms with van der Waals surface area (Å²) in [4.78, 5) is 40.1. The number of carbonyl (C=O) groups excluding carboxylic acids is 2. The van der Waals surface area contributed by atoms with Crippen LogP contribution >= 0.6 is 11.6 Å². The molecule has 1 amide bonds. The minimum Gasteiger partial charge on any atom is -0.507 e. The molecule has 3 rings (SSSR count). The predicted octanol–water partition coefficient (Wildman–Crippen LogP) is 4.02. The van der Waals surface area contributed by atoms with Gasteiger partial charge in [0.1, 0.15) is 11.5 Å². The highest BCUT2D eigenvalue weighted by molar-refractivity contribution is 6.46. The highest BCUT2D eigenvalue weighted by Crippen LogP contribution is 2.41. The van der Waals surface area contributed by atoms with E-state index in [0.717, 1.165) is 0 Å². The number of benzene rings is 2. The summed E-state index contributed by atoms with van der Waals surface area (Å²) >= 11 is 6.26. The average Bonchev–Trinajstić information content (AvgIpc) is 3.05. The Bertz CT molecular complexity index is 1150. The van der Waals surface area contributed by atoms with Crippen LogP contribution in [0.4, 0.5) is 5.69 Å². The van der Waals surface area contributed by atoms with Crippen molar-refractivity contribution in [1.29, 1.82) is 0 Å². The van der Waals surface area contributed by atoms with E-state index in [2.05, 4.69) is 0 Å². The summed E-state index contributed by atoms with van der Waals surface area (Å²) in [5, 5.41) is 22.7. The summed E-state index contributed by atoms with van der Waals surface area (Å²) < 4.78 is 5.41. The molecule has 0 aliphatic carbocycles. The quantitative estimate of drug-likeness (QED) is 0.187. The Morgan fingerprint density at radius 2 is 1.97 bits per heavy atom. The number of nitro benzene ring substituents is 1. The van der Waals surface area contributed by atoms with Crippen LogP contribution in [0.5, 0.6) is 5.75 Å². The Morgan fingerprint density at radius 3 is 2.59 bits per heavy atom. The molecule has 0 bridgehead atoms. The molecule has 10 heteroatoms. The zero-order valence-electron chi connectivity index (χ0n) is 19.2. The number of aliphatic hydroxyl groups is 1. The summed E-state index contributed by atoms with van der Waals surface area (Å²) in [6.45, 7) is 3.10. The van der Waals surface area contributed by atoms with Crippen molar-refractivity contribution in [2.45, 2.75) is 19.4 Å². The first-order chi connectivity index (χ1) is 16.1. The first-order valence-electron chi connectivity index (χ1n) is 10.8. The van der Waals surface area contributed by atoms with E-state index in [1.165, 1.54) is 35.2 Å². The van der Waals surface area contributed by atoms with E-state index in [-0.39, 0.29) is 28.4 Å². The number of ether oxygens (including phenoxy) is 1. The molecule has 1 saturated heterocycles. The third-order valence-electron chi connectivity index (χ3n) is 5.45. The largest absolute Gasteiger partial charge is 0.507 e. The summed E-state index contributed by atoms with van der Waals surface area (Å²) in [5.41, 5.74) is 0.267. The molecule has 0 saturated carbocycles. The van der Waals surface area contributed by atoms with Gasteiger partial charge in [-0.3, -0.25) is 19.7 Å². The lowest BCUT2D eigenvalue weighted by atomic mass is 9.95. The van der Waals surface area contributed by atoms with Gasteiger partial charge in [0, 0.05) is 24.2 Å². The van der Waals surface area contributed by atoms with E-state index in [1.54, 1.807) is 19.1 Å². The van der Waals surface area contributed by atoms with Crippen LogP contribution in [0.2, 0.25) is 5.02 Å². The lowest BCUT2D eigenvalue weighted by molar-refractivity contribution is -0.384. The van der Waals surface area contributed by atoms with E-state index in [4.69, 9.17) is 16.3 Å². The first-order valence-corrected chi connectivity index (χ1v) is 11.1. The van der Waals surface area contributed by atoms with Gasteiger partial charge in [0.15, 0.2) is 0 Å². The smallest absolute Gasteiger partial charge is 0.295 e. The number of ketones is 1. The van der Waals surface area contributed by atoms with Crippen LogP contribution in [-0.4, -0.2) is 65.3 Å². The number of likely N-dealkylation sites (tertiary alicyclic amines) is 1. The number of rotatable bonds is 9. The Labute approximate surface area is 202 Å². The Kier molecular flexibility index (Phi) is 7.90. The van der Waals surface area contributed by atoms with Crippen LogP contribution in [0.15, 0.2) is 48.0 Å². The molecule has 1 fully saturated rings. The SMILES string of the molecule is CCOc1ccc(C(O)=C2C(=O)C(=O)N(CCCN(C)C)[C@H]2c2cccc([N+](=O)[O-])c2)cc1Cl. The zero-order chi connectivity index (χ0) is 25.0. The second-order valence-corrected chi connectivity index (χ2v) is 8.49. The fourth-order valence-corrected chi connectivity index (χ4v) is 4.13. The second-order valence-electron chi connectivity index (χ2n) is 8.08. The fourth-order valence-electron chi connectivity index (χ4n) is 3.90. The minimum absolute atomic E-state index is 0.143. The third kappa shape index (κ3) is 5.21. The Balaban J connectivity index is 2.13. The van der Waals surface area contributed by atoms with Crippen LogP contribution in [0.25, 0.3) is 5.76 Å². The van der Waals surface area contributed by atoms with Gasteiger partial charge in [0.05, 0.1) is 28.2 Å². The van der Waals surface area contributed by atoms with Crippen molar-refractivity contribution in [2.24, 2.45) is 0 Å². The predicted molar refractivity (Wildman–Crippen MR) is 128 cm³/mol. The molecule has 9 nitrogen and oxygen atoms in total. The van der Waals surface area contributed by atoms with Gasteiger partial charge in [-0.15, -0.1) is 0 Å². The van der Waals surface area contributed by atoms with Crippen molar-refractivity contribution in [2.75, 3.05) is 33.8 Å². The molecule has 2 aromatic carbocycles. The van der Waals surface area contributed by atoms with Gasteiger partial charge in [-0.2, -0.15) is 0 Å². The van der Waals surface area contributed by atoms with Crippen molar-refractivity contribution in [3.8, 4) is 5.75 Å². The van der Waals surface area contributed by atoms with Crippen LogP contribution in [0.1, 0.15) is 30.5 Å². The molecule has 1 heterocycles. The van der Waals surface area contributed by atoms with Crippen molar-refractivity contribution in [3.63, 3.8) is 0 Å². The number of amides is 1. The molecule has 1 atom stereocenters. The normalized spacial score (nSPS) is 17.4. The number of nitrogens with zero attached hydrogens (tertiary/aromatic N) is 3. The Morgan fingerprint density at radius 1 is 1.24 bits per heavy atom. The van der Waals surface area contributed by atoms with Gasteiger partial charge in [0.25, 0.3) is 17.4 Å². The van der Waals surface area contributed by atoms with E-state index in [0.29, 0.717) is 30.9 Å². The lowest BCUT2D eigenvalue weighted by Crippen LogP contribution is -2.32. The van der Waals surface area contributed by atoms with Crippen LogP contribution in [0.3, 0.4) is 0 Å². The van der Waals surface area contributed by atoms with Crippen molar-refractivity contribution in [1.82, 2.24) is 9.80 Å². The molecule has 180 valence electrons. The van der Waals surface area contributed by atoms with Crippen LogP contribution < -0.4 is 4.74 Å². The number of non-ortho nitro benzene ring substituents is 1. The molecule has 2 aromatic rings. The highest BCUT2D eigenvalue weighted by Gasteiger charge is 2.46. The van der Waals surface area contributed by atoms with E-state index < -0.39 is 28.4 Å². The summed E-state index contributed by atoms with van der Waals surface area (Å²) in [5.74, 6) is -1.62. The van der Waals surface area contributed by atoms with Crippen molar-refractivity contribution >= 4 is 34.7 Å². The maximum Gasteiger partial charge on any atom is 0.295 e. The van der Waals surface area contributed by atoms with Gasteiger partial charge in [-0.1, -0.05) is 23.7 Å². The van der Waals surface area contributed by atoms with Crippen LogP contribution in [0, 0.1) is 10.1 Å². The van der Waals surface area contributed by atoms with Gasteiger partial charge in [0.2, 0.25) is 0 Å². The molecular formula is C24H26ClN3O6. The minimum atomic E-state index is -0.979. The number of hydrogen-bond acceptors (Lipinski definition) is 7. The lowest BCUT2D eigenvalue weighted by Gasteiger charge is -2.25. The number of nitro groups is 1. The molecule has 1 N–H and O–H groups in total. The molecule has 1 aliphatic heterocycles. The second kappa shape index (κ2) is 10.7. The number of halogens is 1. The molecule has 0 aromatic heterocycles. The summed E-state index contributed by atoms with van der Waals surface area (Å²) in [6.07, 6.45) is 0.570. The molecule has 1 aliphatic rings. The molecule has 0 spiro atoms. The van der Waals surface area contributed by atoms with E-state index in [9.17, 15) is 24.8 Å². The summed E-state index contributed by atoms with van der Waals surface area (Å²) in [7, 11) is 3.78.